The molecule has 0 aliphatic rings. The van der Waals surface area contributed by atoms with Crippen molar-refractivity contribution in [2.24, 2.45) is 5.73 Å². The maximum atomic E-state index is 7.75. The molecule has 0 rings (SSSR count). The second-order valence-electron chi connectivity index (χ2n) is 0.584. The van der Waals surface area contributed by atoms with E-state index >= 15 is 0 Å². The summed E-state index contributed by atoms with van der Waals surface area (Å²) in [5.41, 5.74) is 4.78. The molecule has 0 aromatic carbocycles. The predicted octanol–water partition coefficient (Wildman–Crippen LogP) is 0.736. The van der Waals surface area contributed by atoms with Gasteiger partial charge in [0.05, 0.1) is 6.61 Å². The first-order valence-corrected chi connectivity index (χ1v) is 7.93. The Kier molecular flexibility index (Phi) is 47.8. The Bertz CT molecular complexity index is 24.8. The first-order valence-electron chi connectivity index (χ1n) is 1.60. The van der Waals surface area contributed by atoms with E-state index in [0.717, 1.165) is 0 Å². The van der Waals surface area contributed by atoms with Crippen LogP contribution in [0.4, 0.5) is 0 Å². The average molecular weight is 260 g/mol. The van der Waals surface area contributed by atoms with E-state index in [-0.39, 0.29) is 19.0 Å². The van der Waals surface area contributed by atoms with E-state index in [2.05, 4.69) is 0 Å². The molecule has 0 aliphatic carbocycles. The molecule has 0 amide bonds. The molecule has 52 valence electrons. The Morgan fingerprint density at radius 3 is 1.62 bits per heavy atom. The van der Waals surface area contributed by atoms with Gasteiger partial charge in [0.15, 0.2) is 0 Å². The Hall–Kier alpha value is 1.67. The molecule has 6 heteroatoms. The van der Waals surface area contributed by atoms with Crippen LogP contribution in [-0.4, -0.2) is 18.3 Å². The van der Waals surface area contributed by atoms with Crippen LogP contribution in [0.25, 0.3) is 0 Å². The van der Waals surface area contributed by atoms with Gasteiger partial charge in [-0.1, -0.05) is 0 Å². The fourth-order valence-electron chi connectivity index (χ4n) is 0. The first kappa shape index (κ1) is 16.3. The first-order chi connectivity index (χ1) is 3.33. The van der Waals surface area contributed by atoms with E-state index in [9.17, 15) is 0 Å². The zero-order chi connectivity index (χ0) is 6.12. The summed E-state index contributed by atoms with van der Waals surface area (Å²) in [6, 6.07) is 0. The summed E-state index contributed by atoms with van der Waals surface area (Å²) in [6.07, 6.45) is 0. The average Bonchev–Trinajstić information content (AvgIpc) is 1.69. The molecule has 0 saturated carbocycles. The van der Waals surface area contributed by atoms with Gasteiger partial charge in [-0.15, -0.1) is 12.4 Å². The maximum absolute atomic E-state index is 7.75. The number of aliphatic hydroxyl groups excluding tert-OH is 1. The van der Waals surface area contributed by atoms with Crippen molar-refractivity contribution < 1.29 is 26.0 Å². The molecule has 0 radical (unpaired) electrons. The van der Waals surface area contributed by atoms with Crippen LogP contribution in [0.3, 0.4) is 0 Å². The number of rotatable bonds is 1. The van der Waals surface area contributed by atoms with E-state index in [1.54, 1.807) is 0 Å². The summed E-state index contributed by atoms with van der Waals surface area (Å²) in [7, 11) is 9.87. The fourth-order valence-corrected chi connectivity index (χ4v) is 0. The van der Waals surface area contributed by atoms with Crippen molar-refractivity contribution >= 4 is 29.4 Å². The summed E-state index contributed by atoms with van der Waals surface area (Å²) in [5, 5.41) is 7.75. The number of hydrogen-bond acceptors (Lipinski definition) is 2. The molecule has 0 aromatic rings. The third-order valence-corrected chi connectivity index (χ3v) is 0.129. The number of nitrogens with two attached hydrogens (primary N) is 1. The molecule has 0 heterocycles. The van der Waals surface area contributed by atoms with Gasteiger partial charge in [-0.25, -0.2) is 0 Å². The van der Waals surface area contributed by atoms with Gasteiger partial charge in [-0.05, 0) is 0 Å². The van der Waals surface area contributed by atoms with E-state index in [0.29, 0.717) is 6.54 Å². The predicted molar refractivity (Wildman–Crippen MR) is 35.1 cm³/mol. The minimum atomic E-state index is -0.826. The summed E-state index contributed by atoms with van der Waals surface area (Å²) in [6.45, 7) is 0.472. The van der Waals surface area contributed by atoms with Crippen LogP contribution in [0.15, 0.2) is 0 Å². The van der Waals surface area contributed by atoms with Crippen molar-refractivity contribution in [1.82, 2.24) is 0 Å². The second-order valence-corrected chi connectivity index (χ2v) is 4.32. The molecule has 0 saturated heterocycles. The van der Waals surface area contributed by atoms with Gasteiger partial charge < -0.3 is 10.8 Å². The Balaban J connectivity index is -0.0000000575. The summed E-state index contributed by atoms with van der Waals surface area (Å²) < 4.78 is 0. The molecule has 0 aromatic heterocycles. The van der Waals surface area contributed by atoms with Gasteiger partial charge in [0, 0.05) is 6.54 Å². The standard InChI is InChI=1S/C2H7NO.3ClH.Zr/c3-1-2-4;;;;/h4H,1-3H2;3*1H;/q;;;;+2/p-2. The van der Waals surface area contributed by atoms with Crippen LogP contribution in [0.2, 0.25) is 0 Å². The van der Waals surface area contributed by atoms with Crippen molar-refractivity contribution in [1.29, 1.82) is 0 Å². The molecule has 0 fully saturated rings. The van der Waals surface area contributed by atoms with Crippen molar-refractivity contribution in [2.45, 2.75) is 0 Å². The zero-order valence-corrected chi connectivity index (χ0v) is 8.89. The third kappa shape index (κ3) is 47.8. The minimum absolute atomic E-state index is 0. The number of aliphatic hydroxyl groups is 1. The molecular formula is C2H8Cl3NOZr. The van der Waals surface area contributed by atoms with Crippen LogP contribution >= 0.6 is 29.4 Å². The van der Waals surface area contributed by atoms with Crippen molar-refractivity contribution in [3.63, 3.8) is 0 Å². The second kappa shape index (κ2) is 23.4. The molecule has 2 nitrogen and oxygen atoms in total. The van der Waals surface area contributed by atoms with Crippen LogP contribution in [-0.2, 0) is 20.8 Å². The van der Waals surface area contributed by atoms with Gasteiger partial charge >= 0.3 is 37.9 Å². The number of halogens is 3. The van der Waals surface area contributed by atoms with Crippen LogP contribution in [0.1, 0.15) is 0 Å². The van der Waals surface area contributed by atoms with Crippen LogP contribution < -0.4 is 5.73 Å². The Morgan fingerprint density at radius 1 is 1.50 bits per heavy atom. The zero-order valence-electron chi connectivity index (χ0n) is 4.10. The van der Waals surface area contributed by atoms with E-state index in [4.69, 9.17) is 27.9 Å². The van der Waals surface area contributed by atoms with E-state index in [1.165, 1.54) is 0 Å². The van der Waals surface area contributed by atoms with Crippen LogP contribution in [0, 0.1) is 0 Å². The van der Waals surface area contributed by atoms with Gasteiger partial charge in [-0.2, -0.15) is 0 Å². The Labute approximate surface area is 73.8 Å². The molecule has 3 N–H and O–H groups in total. The molecule has 0 spiro atoms. The van der Waals surface area contributed by atoms with Gasteiger partial charge in [0.2, 0.25) is 0 Å². The van der Waals surface area contributed by atoms with Crippen LogP contribution in [0.5, 0.6) is 0 Å². The van der Waals surface area contributed by atoms with E-state index < -0.39 is 20.8 Å². The monoisotopic (exact) mass is 257 g/mol. The molecule has 0 atom stereocenters. The third-order valence-electron chi connectivity index (χ3n) is 0.129. The summed E-state index contributed by atoms with van der Waals surface area (Å²) in [4.78, 5) is 0. The van der Waals surface area contributed by atoms with Gasteiger partial charge in [-0.3, -0.25) is 0 Å². The number of hydrogen-bond donors (Lipinski definition) is 2. The van der Waals surface area contributed by atoms with Gasteiger partial charge in [0.1, 0.15) is 0 Å². The topological polar surface area (TPSA) is 46.2 Å². The molecule has 8 heavy (non-hydrogen) atoms. The van der Waals surface area contributed by atoms with Crippen molar-refractivity contribution in [2.75, 3.05) is 13.2 Å². The van der Waals surface area contributed by atoms with Gasteiger partial charge in [0.25, 0.3) is 0 Å². The van der Waals surface area contributed by atoms with Crippen molar-refractivity contribution in [3.05, 3.63) is 0 Å². The fraction of sp³-hybridized carbons (Fsp3) is 1.00. The molecule has 0 aliphatic heterocycles. The van der Waals surface area contributed by atoms with Crippen molar-refractivity contribution in [3.8, 4) is 0 Å². The summed E-state index contributed by atoms with van der Waals surface area (Å²) >= 11 is -0.826. The SMILES string of the molecule is Cl.NCCO.[Cl][Zr][Cl]. The normalized spacial score (nSPS) is 5.50. The Morgan fingerprint density at radius 2 is 1.62 bits per heavy atom. The quantitative estimate of drug-likeness (QED) is 0.730. The molecular weight excluding hydrogens is 252 g/mol. The molecule has 0 unspecified atom stereocenters. The molecule has 0 bridgehead atoms. The van der Waals surface area contributed by atoms with E-state index in [1.807, 2.05) is 0 Å². The summed E-state index contributed by atoms with van der Waals surface area (Å²) in [5.74, 6) is 0.